The third-order valence-electron chi connectivity index (χ3n) is 2.04. The lowest BCUT2D eigenvalue weighted by atomic mass is 10.0. The summed E-state index contributed by atoms with van der Waals surface area (Å²) in [6.07, 6.45) is 2.42. The number of hydrogen-bond donors (Lipinski definition) is 1. The molecule has 0 radical (unpaired) electrons. The van der Waals surface area contributed by atoms with Gasteiger partial charge in [-0.05, 0) is 18.6 Å². The van der Waals surface area contributed by atoms with Gasteiger partial charge in [-0.1, -0.05) is 6.08 Å². The average Bonchev–Trinajstić information content (AvgIpc) is 1.99. The van der Waals surface area contributed by atoms with Crippen molar-refractivity contribution < 1.29 is 9.84 Å². The van der Waals surface area contributed by atoms with Crippen LogP contribution in [0.4, 0.5) is 0 Å². The van der Waals surface area contributed by atoms with Gasteiger partial charge in [0.25, 0.3) is 0 Å². The number of ether oxygens (including phenoxy) is 1. The fraction of sp³-hybridized carbons (Fsp3) is 0.200. The number of phenolic OH excluding ortho intramolecular Hbond substituents is 1. The van der Waals surface area contributed by atoms with Gasteiger partial charge in [-0.2, -0.15) is 0 Å². The van der Waals surface area contributed by atoms with Gasteiger partial charge in [0.2, 0.25) is 0 Å². The Bertz CT molecular complexity index is 329. The molecule has 0 unspecified atom stereocenters. The zero-order valence-electron chi connectivity index (χ0n) is 6.71. The average molecular weight is 162 g/mol. The van der Waals surface area contributed by atoms with Crippen LogP contribution in [0.2, 0.25) is 0 Å². The van der Waals surface area contributed by atoms with Crippen molar-refractivity contribution in [1.29, 1.82) is 0 Å². The smallest absolute Gasteiger partial charge is 0.133 e. The van der Waals surface area contributed by atoms with Gasteiger partial charge in [0.05, 0.1) is 0 Å². The van der Waals surface area contributed by atoms with Crippen LogP contribution in [0.5, 0.6) is 11.5 Å². The zero-order valence-corrected chi connectivity index (χ0v) is 6.71. The van der Waals surface area contributed by atoms with Crippen molar-refractivity contribution >= 4 is 0 Å². The molecule has 0 saturated carbocycles. The minimum atomic E-state index is 0.299. The molecule has 0 saturated heterocycles. The molecule has 0 fully saturated rings. The molecule has 2 heteroatoms. The first-order valence-electron chi connectivity index (χ1n) is 3.90. The molecule has 1 aliphatic heterocycles. The van der Waals surface area contributed by atoms with Crippen LogP contribution < -0.4 is 4.74 Å². The van der Waals surface area contributed by atoms with Crippen LogP contribution in [-0.2, 0) is 13.0 Å². The minimum Gasteiger partial charge on any atom is -0.508 e. The van der Waals surface area contributed by atoms with Crippen LogP contribution >= 0.6 is 0 Å². The number of allylic oxidation sites excluding steroid dienone is 1. The molecule has 2 rings (SSSR count). The zero-order chi connectivity index (χ0) is 8.55. The molecule has 0 bridgehead atoms. The fourth-order valence-electron chi connectivity index (χ4n) is 1.37. The van der Waals surface area contributed by atoms with Gasteiger partial charge in [0.1, 0.15) is 18.1 Å². The number of aromatic hydroxyl groups is 1. The van der Waals surface area contributed by atoms with E-state index in [9.17, 15) is 5.11 Å². The maximum atomic E-state index is 9.45. The van der Waals surface area contributed by atoms with E-state index in [0.717, 1.165) is 11.3 Å². The highest BCUT2D eigenvalue weighted by atomic mass is 16.5. The molecule has 1 aliphatic rings. The Hall–Kier alpha value is -1.44. The molecule has 1 N–H and O–H groups in total. The molecule has 0 aromatic heterocycles. The molecule has 1 heterocycles. The van der Waals surface area contributed by atoms with Crippen molar-refractivity contribution in [2.45, 2.75) is 13.0 Å². The highest BCUT2D eigenvalue weighted by Gasteiger charge is 2.20. The van der Waals surface area contributed by atoms with Crippen molar-refractivity contribution in [3.63, 3.8) is 0 Å². The van der Waals surface area contributed by atoms with E-state index in [1.54, 1.807) is 12.1 Å². The Morgan fingerprint density at radius 1 is 1.58 bits per heavy atom. The second-order valence-electron chi connectivity index (χ2n) is 2.83. The second-order valence-corrected chi connectivity index (χ2v) is 2.83. The quantitative estimate of drug-likeness (QED) is 0.674. The first kappa shape index (κ1) is 7.22. The van der Waals surface area contributed by atoms with Gasteiger partial charge in [0.15, 0.2) is 0 Å². The Morgan fingerprint density at radius 2 is 2.42 bits per heavy atom. The maximum Gasteiger partial charge on any atom is 0.133 e. The molecular formula is C10H10O2. The van der Waals surface area contributed by atoms with Gasteiger partial charge in [-0.3, -0.25) is 0 Å². The van der Waals surface area contributed by atoms with Gasteiger partial charge < -0.3 is 9.84 Å². The summed E-state index contributed by atoms with van der Waals surface area (Å²) >= 11 is 0. The Morgan fingerprint density at radius 3 is 3.00 bits per heavy atom. The monoisotopic (exact) mass is 162 g/mol. The lowest BCUT2D eigenvalue weighted by Crippen LogP contribution is -2.11. The van der Waals surface area contributed by atoms with E-state index in [2.05, 4.69) is 6.58 Å². The normalized spacial score (nSPS) is 12.7. The predicted octanol–water partition coefficient (Wildman–Crippen LogP) is 2.01. The van der Waals surface area contributed by atoms with E-state index in [1.165, 1.54) is 5.56 Å². The Kier molecular flexibility index (Phi) is 1.54. The number of benzene rings is 1. The van der Waals surface area contributed by atoms with Crippen molar-refractivity contribution in [2.24, 2.45) is 0 Å². The highest BCUT2D eigenvalue weighted by Crippen LogP contribution is 2.38. The molecular weight excluding hydrogens is 152 g/mol. The van der Waals surface area contributed by atoms with Gasteiger partial charge in [0, 0.05) is 11.1 Å². The van der Waals surface area contributed by atoms with Crippen molar-refractivity contribution in [3.05, 3.63) is 35.9 Å². The van der Waals surface area contributed by atoms with E-state index in [0.29, 0.717) is 18.8 Å². The standard InChI is InChI=1S/C10H10O2/c1-2-3-8-9(11)5-4-7-6-12-10(7)8/h2,4-5,11H,1,3,6H2. The van der Waals surface area contributed by atoms with Crippen LogP contribution in [0.1, 0.15) is 11.1 Å². The Balaban J connectivity index is 2.49. The largest absolute Gasteiger partial charge is 0.508 e. The van der Waals surface area contributed by atoms with Gasteiger partial charge >= 0.3 is 0 Å². The molecule has 0 atom stereocenters. The summed E-state index contributed by atoms with van der Waals surface area (Å²) in [6, 6.07) is 3.60. The maximum absolute atomic E-state index is 9.45. The summed E-state index contributed by atoms with van der Waals surface area (Å²) in [5.41, 5.74) is 2.03. The molecule has 0 amide bonds. The topological polar surface area (TPSA) is 29.5 Å². The summed E-state index contributed by atoms with van der Waals surface area (Å²) in [5, 5.41) is 9.45. The Labute approximate surface area is 71.1 Å². The summed E-state index contributed by atoms with van der Waals surface area (Å²) in [7, 11) is 0. The van der Waals surface area contributed by atoms with E-state index >= 15 is 0 Å². The van der Waals surface area contributed by atoms with Crippen molar-refractivity contribution in [1.82, 2.24) is 0 Å². The number of rotatable bonds is 2. The van der Waals surface area contributed by atoms with Gasteiger partial charge in [-0.25, -0.2) is 0 Å². The lowest BCUT2D eigenvalue weighted by molar-refractivity contribution is 0.238. The molecule has 1 aromatic rings. The predicted molar refractivity (Wildman–Crippen MR) is 46.3 cm³/mol. The van der Waals surface area contributed by atoms with Crippen LogP contribution in [0, 0.1) is 0 Å². The summed E-state index contributed by atoms with van der Waals surface area (Å²) in [6.45, 7) is 4.29. The lowest BCUT2D eigenvalue weighted by Gasteiger charge is -2.23. The van der Waals surface area contributed by atoms with Crippen LogP contribution in [0.3, 0.4) is 0 Å². The van der Waals surface area contributed by atoms with E-state index in [4.69, 9.17) is 4.74 Å². The third-order valence-corrected chi connectivity index (χ3v) is 2.04. The molecule has 1 aromatic carbocycles. The van der Waals surface area contributed by atoms with Crippen molar-refractivity contribution in [3.8, 4) is 11.5 Å². The molecule has 62 valence electrons. The number of hydrogen-bond acceptors (Lipinski definition) is 2. The van der Waals surface area contributed by atoms with E-state index in [-0.39, 0.29) is 0 Å². The van der Waals surface area contributed by atoms with Crippen LogP contribution in [-0.4, -0.2) is 5.11 Å². The van der Waals surface area contributed by atoms with Crippen LogP contribution in [0.15, 0.2) is 24.8 Å². The minimum absolute atomic E-state index is 0.299. The molecule has 0 spiro atoms. The van der Waals surface area contributed by atoms with E-state index < -0.39 is 0 Å². The number of phenols is 1. The summed E-state index contributed by atoms with van der Waals surface area (Å²) < 4.78 is 5.23. The fourth-order valence-corrected chi connectivity index (χ4v) is 1.37. The summed E-state index contributed by atoms with van der Waals surface area (Å²) in [5.74, 6) is 1.14. The molecule has 0 aliphatic carbocycles. The first-order chi connectivity index (χ1) is 5.83. The van der Waals surface area contributed by atoms with E-state index in [1.807, 2.05) is 6.07 Å². The third kappa shape index (κ3) is 0.881. The van der Waals surface area contributed by atoms with Crippen LogP contribution in [0.25, 0.3) is 0 Å². The highest BCUT2D eigenvalue weighted by molar-refractivity contribution is 5.53. The first-order valence-corrected chi connectivity index (χ1v) is 3.90. The molecule has 12 heavy (non-hydrogen) atoms. The van der Waals surface area contributed by atoms with Crippen molar-refractivity contribution in [2.75, 3.05) is 0 Å². The van der Waals surface area contributed by atoms with Gasteiger partial charge in [-0.15, -0.1) is 6.58 Å². The summed E-state index contributed by atoms with van der Waals surface area (Å²) in [4.78, 5) is 0. The SMILES string of the molecule is C=CCc1c(O)ccc2c1OC2. The molecule has 2 nitrogen and oxygen atoms in total. The number of fused-ring (bicyclic) bond motifs is 1. The second kappa shape index (κ2) is 2.55.